The predicted octanol–water partition coefficient (Wildman–Crippen LogP) is 9.15. The van der Waals surface area contributed by atoms with Gasteiger partial charge in [0, 0.05) is 23.4 Å². The van der Waals surface area contributed by atoms with E-state index < -0.39 is 0 Å². The quantitative estimate of drug-likeness (QED) is 0.228. The summed E-state index contributed by atoms with van der Waals surface area (Å²) < 4.78 is 0. The molecule has 0 saturated carbocycles. The molecule has 3 heteroatoms. The molecule has 0 fully saturated rings. The summed E-state index contributed by atoms with van der Waals surface area (Å²) in [7, 11) is 0. The maximum atomic E-state index is 4.83. The molecule has 3 nitrogen and oxygen atoms in total. The first-order valence-corrected chi connectivity index (χ1v) is 13.1. The lowest BCUT2D eigenvalue weighted by atomic mass is 9.74. The Kier molecular flexibility index (Phi) is 4.28. The Hall–Kier alpha value is -4.76. The Morgan fingerprint density at radius 2 is 1.37 bits per heavy atom. The molecule has 3 heterocycles. The zero-order valence-electron chi connectivity index (χ0n) is 21.3. The number of pyridine rings is 2. The largest absolute Gasteiger partial charge is 0.278 e. The number of benzene rings is 5. The molecule has 0 atom stereocenters. The Morgan fingerprint density at radius 3 is 2.18 bits per heavy atom. The highest BCUT2D eigenvalue weighted by molar-refractivity contribution is 6.25. The molecular weight excluding hydrogens is 462 g/mol. The smallest absolute Gasteiger partial charge is 0.142 e. The molecule has 7 aromatic rings. The van der Waals surface area contributed by atoms with E-state index in [0.29, 0.717) is 0 Å². The van der Waals surface area contributed by atoms with Crippen LogP contribution >= 0.6 is 0 Å². The van der Waals surface area contributed by atoms with Crippen LogP contribution in [0.3, 0.4) is 0 Å². The van der Waals surface area contributed by atoms with Crippen LogP contribution in [0, 0.1) is 0 Å². The van der Waals surface area contributed by atoms with Crippen molar-refractivity contribution in [3.05, 3.63) is 127 Å². The number of hydrogen-bond donors (Lipinski definition) is 0. The van der Waals surface area contributed by atoms with Gasteiger partial charge in [-0.25, -0.2) is 9.97 Å². The van der Waals surface area contributed by atoms with Gasteiger partial charge in [0.2, 0.25) is 0 Å². The first-order valence-electron chi connectivity index (χ1n) is 13.1. The number of nitrogens with zero attached hydrogens (tertiary/aromatic N) is 3. The molecule has 2 aromatic heterocycles. The first kappa shape index (κ1) is 21.3. The Balaban J connectivity index is 1.40. The van der Waals surface area contributed by atoms with Crippen LogP contribution in [0.25, 0.3) is 43.4 Å². The van der Waals surface area contributed by atoms with Crippen LogP contribution in [-0.4, -0.2) is 9.97 Å². The van der Waals surface area contributed by atoms with Crippen LogP contribution in [-0.2, 0) is 5.41 Å². The molecule has 0 N–H and O–H groups in total. The van der Waals surface area contributed by atoms with Gasteiger partial charge in [0.1, 0.15) is 11.6 Å². The van der Waals surface area contributed by atoms with E-state index in [9.17, 15) is 0 Å². The van der Waals surface area contributed by atoms with Gasteiger partial charge in [-0.05, 0) is 79.3 Å². The molecule has 38 heavy (non-hydrogen) atoms. The van der Waals surface area contributed by atoms with Crippen molar-refractivity contribution in [1.29, 1.82) is 0 Å². The lowest BCUT2D eigenvalue weighted by molar-refractivity contribution is 0.627. The Morgan fingerprint density at radius 1 is 0.605 bits per heavy atom. The molecule has 0 saturated heterocycles. The summed E-state index contributed by atoms with van der Waals surface area (Å²) >= 11 is 0. The second-order valence-corrected chi connectivity index (χ2v) is 10.7. The van der Waals surface area contributed by atoms with Crippen LogP contribution in [0.4, 0.5) is 17.3 Å². The van der Waals surface area contributed by atoms with E-state index in [1.807, 2.05) is 30.6 Å². The molecule has 0 unspecified atom stereocenters. The summed E-state index contributed by atoms with van der Waals surface area (Å²) in [5, 5.41) is 7.86. The summed E-state index contributed by atoms with van der Waals surface area (Å²) in [5.74, 6) is 1.82. The fraction of sp³-hybridized carbons (Fsp3) is 0.0857. The van der Waals surface area contributed by atoms with Gasteiger partial charge in [0.05, 0.1) is 5.69 Å². The molecule has 180 valence electrons. The van der Waals surface area contributed by atoms with Gasteiger partial charge in [-0.3, -0.25) is 4.90 Å². The Bertz CT molecular complexity index is 1990. The van der Waals surface area contributed by atoms with Gasteiger partial charge < -0.3 is 0 Å². The first-order chi connectivity index (χ1) is 18.6. The molecule has 0 radical (unpaired) electrons. The fourth-order valence-corrected chi connectivity index (χ4v) is 6.43. The standard InChI is InChI=1S/C35H25N3/c1-35(2)28-9-6-20-37-34(28)38(31-10-3-4-19-36-31)30-18-15-25(21-29(30)35)26-16-13-24-12-11-22-7-5-8-23-14-17-27(26)33(24)32(22)23/h3-21H,1-2H3. The minimum atomic E-state index is -0.218. The van der Waals surface area contributed by atoms with Crippen molar-refractivity contribution < 1.29 is 0 Å². The van der Waals surface area contributed by atoms with E-state index >= 15 is 0 Å². The SMILES string of the molecule is CC1(C)c2cc(-c3ccc4ccc5cccc6ccc3c4c56)ccc2N(c2ccccn2)c2ncccc21. The van der Waals surface area contributed by atoms with Gasteiger partial charge in [0.15, 0.2) is 0 Å². The number of rotatable bonds is 2. The lowest BCUT2D eigenvalue weighted by Crippen LogP contribution is -2.31. The van der Waals surface area contributed by atoms with E-state index in [-0.39, 0.29) is 5.41 Å². The molecule has 0 bridgehead atoms. The summed E-state index contributed by atoms with van der Waals surface area (Å²) in [4.78, 5) is 11.7. The summed E-state index contributed by atoms with van der Waals surface area (Å²) in [6, 6.07) is 37.3. The maximum absolute atomic E-state index is 4.83. The molecular formula is C35H25N3. The molecule has 8 rings (SSSR count). The van der Waals surface area contributed by atoms with Crippen LogP contribution in [0.15, 0.2) is 116 Å². The third-order valence-corrected chi connectivity index (χ3v) is 8.30. The van der Waals surface area contributed by atoms with Crippen molar-refractivity contribution in [2.24, 2.45) is 0 Å². The zero-order chi connectivity index (χ0) is 25.4. The van der Waals surface area contributed by atoms with Crippen LogP contribution in [0.1, 0.15) is 25.0 Å². The highest BCUT2D eigenvalue weighted by atomic mass is 15.2. The number of hydrogen-bond acceptors (Lipinski definition) is 3. The van der Waals surface area contributed by atoms with Crippen molar-refractivity contribution in [2.45, 2.75) is 19.3 Å². The summed E-state index contributed by atoms with van der Waals surface area (Å²) in [6.45, 7) is 4.60. The normalized spacial score (nSPS) is 14.2. The topological polar surface area (TPSA) is 29.0 Å². The number of aromatic nitrogens is 2. The highest BCUT2D eigenvalue weighted by Gasteiger charge is 2.38. The highest BCUT2D eigenvalue weighted by Crippen LogP contribution is 2.51. The van der Waals surface area contributed by atoms with Crippen molar-refractivity contribution in [3.8, 4) is 11.1 Å². The molecule has 1 aliphatic heterocycles. The minimum absolute atomic E-state index is 0.218. The number of fused-ring (bicyclic) bond motifs is 2. The Labute approximate surface area is 221 Å². The molecule has 0 aliphatic carbocycles. The maximum Gasteiger partial charge on any atom is 0.142 e. The van der Waals surface area contributed by atoms with Crippen molar-refractivity contribution in [1.82, 2.24) is 9.97 Å². The second kappa shape index (κ2) is 7.62. The monoisotopic (exact) mass is 487 g/mol. The predicted molar refractivity (Wildman–Crippen MR) is 158 cm³/mol. The van der Waals surface area contributed by atoms with Crippen LogP contribution < -0.4 is 4.90 Å². The van der Waals surface area contributed by atoms with Gasteiger partial charge in [0.25, 0.3) is 0 Å². The van der Waals surface area contributed by atoms with Crippen LogP contribution in [0.5, 0.6) is 0 Å². The van der Waals surface area contributed by atoms with Crippen molar-refractivity contribution >= 4 is 49.6 Å². The summed E-state index contributed by atoms with van der Waals surface area (Å²) in [5.41, 5.74) is 5.86. The second-order valence-electron chi connectivity index (χ2n) is 10.7. The number of anilines is 3. The third-order valence-electron chi connectivity index (χ3n) is 8.30. The minimum Gasteiger partial charge on any atom is -0.278 e. The fourth-order valence-electron chi connectivity index (χ4n) is 6.43. The van der Waals surface area contributed by atoms with Gasteiger partial charge >= 0.3 is 0 Å². The van der Waals surface area contributed by atoms with Crippen molar-refractivity contribution in [3.63, 3.8) is 0 Å². The van der Waals surface area contributed by atoms with Crippen molar-refractivity contribution in [2.75, 3.05) is 4.90 Å². The van der Waals surface area contributed by atoms with E-state index in [4.69, 9.17) is 9.97 Å². The van der Waals surface area contributed by atoms with Gasteiger partial charge in [-0.2, -0.15) is 0 Å². The molecule has 1 aliphatic rings. The molecule has 0 spiro atoms. The molecule has 5 aromatic carbocycles. The van der Waals surface area contributed by atoms with Crippen LogP contribution in [0.2, 0.25) is 0 Å². The van der Waals surface area contributed by atoms with E-state index in [0.717, 1.165) is 17.3 Å². The summed E-state index contributed by atoms with van der Waals surface area (Å²) in [6.07, 6.45) is 3.71. The van der Waals surface area contributed by atoms with E-state index in [1.165, 1.54) is 54.6 Å². The lowest BCUT2D eigenvalue weighted by Gasteiger charge is -2.40. The van der Waals surface area contributed by atoms with E-state index in [1.54, 1.807) is 0 Å². The van der Waals surface area contributed by atoms with Gasteiger partial charge in [-0.15, -0.1) is 0 Å². The average Bonchev–Trinajstić information content (AvgIpc) is 2.96. The molecule has 0 amide bonds. The van der Waals surface area contributed by atoms with E-state index in [2.05, 4.69) is 104 Å². The third kappa shape index (κ3) is 2.84. The van der Waals surface area contributed by atoms with Gasteiger partial charge in [-0.1, -0.05) is 86.6 Å². The zero-order valence-corrected chi connectivity index (χ0v) is 21.3. The average molecular weight is 488 g/mol.